The maximum absolute atomic E-state index is 12.7. The number of benzene rings is 4. The quantitative estimate of drug-likeness (QED) is 0.0418. The highest BCUT2D eigenvalue weighted by molar-refractivity contribution is 7.99. The molecule has 0 atom stereocenters. The van der Waals surface area contributed by atoms with Gasteiger partial charge in [0.15, 0.2) is 11.3 Å². The fraction of sp³-hybridized carbons (Fsp3) is 0.222. The van der Waals surface area contributed by atoms with Crippen molar-refractivity contribution in [2.24, 2.45) is 5.73 Å². The highest BCUT2D eigenvalue weighted by Gasteiger charge is 2.20. The van der Waals surface area contributed by atoms with E-state index in [0.717, 1.165) is 73.6 Å². The zero-order chi connectivity index (χ0) is 55.7. The van der Waals surface area contributed by atoms with E-state index in [1.165, 1.54) is 18.7 Å². The third-order valence-corrected chi connectivity index (χ3v) is 14.0. The third kappa shape index (κ3) is 14.8. The van der Waals surface area contributed by atoms with Crippen LogP contribution >= 0.6 is 23.5 Å². The lowest BCUT2D eigenvalue weighted by molar-refractivity contribution is -0.132. The molecule has 23 nitrogen and oxygen atoms in total. The first kappa shape index (κ1) is 56.0. The van der Waals surface area contributed by atoms with Crippen LogP contribution < -0.4 is 41.8 Å². The maximum Gasteiger partial charge on any atom is 0.346 e. The van der Waals surface area contributed by atoms with E-state index >= 15 is 0 Å². The summed E-state index contributed by atoms with van der Waals surface area (Å²) >= 11 is 3.42. The normalized spacial score (nSPS) is 12.9. The number of nitrogens with two attached hydrogens (primary N) is 3. The number of aromatic amines is 2. The summed E-state index contributed by atoms with van der Waals surface area (Å²) in [5, 5.41) is 48.4. The number of nitrogen functional groups attached to an aromatic ring is 2. The molecule has 0 saturated heterocycles. The molecule has 1 amide bonds. The topological polar surface area (TPSA) is 366 Å². The van der Waals surface area contributed by atoms with E-state index in [2.05, 4.69) is 55.0 Å². The number of aromatic nitrogens is 8. The zero-order valence-electron chi connectivity index (χ0n) is 42.4. The fourth-order valence-corrected chi connectivity index (χ4v) is 10.2. The molecule has 10 rings (SSSR count). The van der Waals surface area contributed by atoms with Gasteiger partial charge in [-0.25, -0.2) is 14.8 Å². The van der Waals surface area contributed by atoms with Crippen LogP contribution in [0.3, 0.4) is 0 Å². The Morgan fingerprint density at radius 1 is 0.671 bits per heavy atom. The number of aliphatic hydroxyl groups is 2. The number of hydrogen-bond donors (Lipinski definition) is 9. The number of ether oxygens (including phenoxy) is 2. The lowest BCUT2D eigenvalue weighted by atomic mass is 10.1. The molecule has 2 aliphatic rings. The van der Waals surface area contributed by atoms with Crippen molar-refractivity contribution in [1.29, 1.82) is 10.5 Å². The number of carboxylic acid groups (broad SMARTS) is 1. The van der Waals surface area contributed by atoms with Gasteiger partial charge < -0.3 is 67.1 Å². The van der Waals surface area contributed by atoms with Crippen molar-refractivity contribution in [2.45, 2.75) is 36.1 Å². The predicted molar refractivity (Wildman–Crippen MR) is 301 cm³/mol. The minimum Gasteiger partial charge on any atom is -0.477 e. The number of aliphatic carboxylic acids is 1. The van der Waals surface area contributed by atoms with Crippen molar-refractivity contribution in [1.82, 2.24) is 45.2 Å². The van der Waals surface area contributed by atoms with Crippen LogP contribution in [0.4, 0.5) is 23.3 Å². The number of rotatable bonds is 17. The van der Waals surface area contributed by atoms with E-state index < -0.39 is 11.9 Å². The first-order chi connectivity index (χ1) is 38.4. The number of imidazole rings is 2. The number of nitrogens with zero attached hydrogens (tertiary/aromatic N) is 10. The van der Waals surface area contributed by atoms with Crippen molar-refractivity contribution >= 4 is 93.2 Å². The van der Waals surface area contributed by atoms with Crippen molar-refractivity contribution in [3.8, 4) is 23.9 Å². The summed E-state index contributed by atoms with van der Waals surface area (Å²) < 4.78 is 11.5. The first-order valence-electron chi connectivity index (χ1n) is 24.5. The highest BCUT2D eigenvalue weighted by atomic mass is 32.2. The summed E-state index contributed by atoms with van der Waals surface area (Å²) in [6, 6.07) is 30.5. The molecule has 0 spiro atoms. The molecular formula is C54H54N16O7S2. The Labute approximate surface area is 461 Å². The molecule has 79 heavy (non-hydrogen) atoms. The van der Waals surface area contributed by atoms with E-state index in [0.29, 0.717) is 65.9 Å². The number of nitriles is 2. The van der Waals surface area contributed by atoms with Crippen LogP contribution in [-0.4, -0.2) is 118 Å². The smallest absolute Gasteiger partial charge is 0.346 e. The Hall–Kier alpha value is -9.24. The average Bonchev–Trinajstić information content (AvgIpc) is 4.16. The van der Waals surface area contributed by atoms with Gasteiger partial charge in [0, 0.05) is 60.6 Å². The fourth-order valence-electron chi connectivity index (χ4n) is 8.06. The molecule has 2 aliphatic heterocycles. The number of carbonyl (C=O) groups is 2. The molecule has 6 heterocycles. The molecule has 4 aromatic heterocycles. The molecule has 0 bridgehead atoms. The molecule has 25 heteroatoms. The van der Waals surface area contributed by atoms with Gasteiger partial charge in [-0.05, 0) is 69.8 Å². The Kier molecular flexibility index (Phi) is 19.3. The van der Waals surface area contributed by atoms with Crippen LogP contribution in [0.5, 0.6) is 11.8 Å². The van der Waals surface area contributed by atoms with Crippen molar-refractivity contribution < 1.29 is 34.4 Å². The van der Waals surface area contributed by atoms with E-state index in [1.807, 2.05) is 84.9 Å². The molecule has 0 aliphatic carbocycles. The van der Waals surface area contributed by atoms with Gasteiger partial charge in [-0.1, -0.05) is 60.7 Å². The summed E-state index contributed by atoms with van der Waals surface area (Å²) in [5.41, 5.74) is 26.2. The minimum atomic E-state index is -1.22. The second-order valence-corrected chi connectivity index (χ2v) is 19.6. The zero-order valence-corrected chi connectivity index (χ0v) is 44.0. The van der Waals surface area contributed by atoms with Crippen molar-refractivity contribution in [3.05, 3.63) is 142 Å². The van der Waals surface area contributed by atoms with E-state index in [9.17, 15) is 20.0 Å². The number of anilines is 4. The Balaban J connectivity index is 0.000000172. The van der Waals surface area contributed by atoms with Crippen LogP contribution in [0, 0.1) is 22.7 Å². The average molecular weight is 1100 g/mol. The molecule has 8 aromatic rings. The standard InChI is InChI=1S/C27H26N8O3S.C14H14N2O3S.C13H14N6O/c28-13-20(11-19-5-6-21-22(12-19)39-10-8-35(21)7-9-36)25(37)30-14-17-1-3-18(4-2-17)15-38-26-23-24(32-16-31-23)33-27(29)34-26;15-9-11(14(18)19)7-10-1-2-12-13(8-10)20-6-4-16(12)3-5-17;14-5-8-1-3-9(4-2-8)6-20-12-10-11(17-7-16-10)18-13(15)19-12/h1-6,11-12,16,36H,7-10,14-15H2,(H,30,37)(H3,29,31,32,33,34);1-2,7-8,17H,3-6H2,(H,18,19);1-4,7H,5-6,14H2,(H3,15,16,17,18,19)/b20-11+;11-7+;. The number of β-amino-alcohol motifs (C(OH)–C–C–N with tert-alkyl or cyclic N) is 2. The molecule has 0 radical (unpaired) electrons. The van der Waals surface area contributed by atoms with Gasteiger partial charge in [0.1, 0.15) is 47.5 Å². The molecule has 0 fully saturated rings. The largest absolute Gasteiger partial charge is 0.477 e. The second-order valence-electron chi connectivity index (χ2n) is 17.3. The molecular weight excluding hydrogens is 1050 g/mol. The SMILES string of the molecule is N#C/C(=C\c1ccc2c(c1)SCCN2CCO)C(=O)NCc1ccc(COc2nc(N)nc3nc[nH]c23)cc1.N#C/C(=C\c1ccc2c(c1)SCCN2CCO)C(=O)O.NCc1ccc(COc2nc(N)nc3nc[nH]c23)cc1. The van der Waals surface area contributed by atoms with E-state index in [4.69, 9.17) is 42.1 Å². The summed E-state index contributed by atoms with van der Waals surface area (Å²) in [4.78, 5) is 60.1. The van der Waals surface area contributed by atoms with E-state index in [-0.39, 0.29) is 49.4 Å². The molecule has 12 N–H and O–H groups in total. The Bertz CT molecular complexity index is 3580. The first-order valence-corrected chi connectivity index (χ1v) is 26.5. The van der Waals surface area contributed by atoms with Crippen LogP contribution in [0.2, 0.25) is 0 Å². The van der Waals surface area contributed by atoms with Crippen molar-refractivity contribution in [2.75, 3.05) is 72.2 Å². The number of thioether (sulfide) groups is 2. The van der Waals surface area contributed by atoms with Gasteiger partial charge >= 0.3 is 5.97 Å². The Morgan fingerprint density at radius 3 is 1.57 bits per heavy atom. The van der Waals surface area contributed by atoms with Crippen LogP contribution in [-0.2, 0) is 35.9 Å². The molecule has 404 valence electrons. The molecule has 0 unspecified atom stereocenters. The molecule has 0 saturated carbocycles. The maximum atomic E-state index is 12.7. The van der Waals surface area contributed by atoms with Gasteiger partial charge in [-0.2, -0.15) is 30.5 Å². The third-order valence-electron chi connectivity index (χ3n) is 12.0. The highest BCUT2D eigenvalue weighted by Crippen LogP contribution is 2.37. The van der Waals surface area contributed by atoms with Gasteiger partial charge in [0.05, 0.1) is 37.2 Å². The van der Waals surface area contributed by atoms with Gasteiger partial charge in [-0.3, -0.25) is 4.79 Å². The monoisotopic (exact) mass is 1100 g/mol. The van der Waals surface area contributed by atoms with E-state index in [1.54, 1.807) is 41.7 Å². The molecule has 4 aromatic carbocycles. The Morgan fingerprint density at radius 2 is 1.13 bits per heavy atom. The summed E-state index contributed by atoms with van der Waals surface area (Å²) in [6.45, 7) is 4.55. The summed E-state index contributed by atoms with van der Waals surface area (Å²) in [7, 11) is 0. The van der Waals surface area contributed by atoms with Crippen molar-refractivity contribution in [3.63, 3.8) is 0 Å². The number of hydrogen-bond acceptors (Lipinski definition) is 21. The summed E-state index contributed by atoms with van der Waals surface area (Å²) in [6.07, 6.45) is 5.99. The van der Waals surface area contributed by atoms with Crippen LogP contribution in [0.1, 0.15) is 33.4 Å². The van der Waals surface area contributed by atoms with Gasteiger partial charge in [-0.15, -0.1) is 23.5 Å². The number of H-pyrrole nitrogens is 2. The van der Waals surface area contributed by atoms with Crippen LogP contribution in [0.25, 0.3) is 34.5 Å². The number of carboxylic acids is 1. The number of nitrogens with one attached hydrogen (secondary N) is 3. The minimum absolute atomic E-state index is 0.0299. The van der Waals surface area contributed by atoms with Gasteiger partial charge in [0.25, 0.3) is 5.91 Å². The van der Waals surface area contributed by atoms with Gasteiger partial charge in [0.2, 0.25) is 23.7 Å². The number of amides is 1. The second kappa shape index (κ2) is 27.2. The predicted octanol–water partition coefficient (Wildman–Crippen LogP) is 5.20. The number of fused-ring (bicyclic) bond motifs is 4. The number of aliphatic hydroxyl groups excluding tert-OH is 2. The number of carbonyl (C=O) groups excluding carboxylic acids is 1. The lowest BCUT2D eigenvalue weighted by Gasteiger charge is -2.30. The summed E-state index contributed by atoms with van der Waals surface area (Å²) in [5.74, 6) is 1.11. The van der Waals surface area contributed by atoms with Crippen LogP contribution in [0.15, 0.2) is 119 Å². The lowest BCUT2D eigenvalue weighted by Crippen LogP contribution is -2.31.